The van der Waals surface area contributed by atoms with Gasteiger partial charge in [0.25, 0.3) is 0 Å². The lowest BCUT2D eigenvalue weighted by molar-refractivity contribution is -0.113. The number of carbonyl (C=O) groups excluding carboxylic acids is 1. The molecule has 0 bridgehead atoms. The van der Waals surface area contributed by atoms with Gasteiger partial charge < -0.3 is 10.1 Å². The molecule has 1 fully saturated rings. The summed E-state index contributed by atoms with van der Waals surface area (Å²) in [6.07, 6.45) is 0. The van der Waals surface area contributed by atoms with Crippen LogP contribution in [0.3, 0.4) is 0 Å². The van der Waals surface area contributed by atoms with Gasteiger partial charge in [-0.25, -0.2) is 0 Å². The van der Waals surface area contributed by atoms with Crippen LogP contribution in [-0.2, 0) is 16.1 Å². The lowest BCUT2D eigenvalue weighted by atomic mass is 10.3. The molecule has 1 aliphatic rings. The number of para-hydroxylation sites is 1. The summed E-state index contributed by atoms with van der Waals surface area (Å²) in [5.74, 6) is 0.917. The first-order valence-electron chi connectivity index (χ1n) is 9.77. The lowest BCUT2D eigenvalue weighted by Crippen LogP contribution is -2.36. The van der Waals surface area contributed by atoms with Gasteiger partial charge in [0.05, 0.1) is 31.2 Å². The first-order chi connectivity index (χ1) is 15.1. The minimum atomic E-state index is -0.114. The highest BCUT2D eigenvalue weighted by atomic mass is 79.9. The Labute approximate surface area is 198 Å². The number of anilines is 1. The fourth-order valence-electron chi connectivity index (χ4n) is 3.18. The molecule has 7 nitrogen and oxygen atoms in total. The van der Waals surface area contributed by atoms with Gasteiger partial charge in [0.1, 0.15) is 0 Å². The highest BCUT2D eigenvalue weighted by Gasteiger charge is 2.20. The Hall–Kier alpha value is -1.91. The Morgan fingerprint density at radius 1 is 1.13 bits per heavy atom. The average Bonchev–Trinajstić information content (AvgIpc) is 3.17. The van der Waals surface area contributed by atoms with Gasteiger partial charge in [-0.05, 0) is 52.3 Å². The van der Waals surface area contributed by atoms with Gasteiger partial charge in [0.15, 0.2) is 11.0 Å². The molecular formula is C21H21BrClN5O2S. The molecule has 0 radical (unpaired) electrons. The quantitative estimate of drug-likeness (QED) is 0.468. The summed E-state index contributed by atoms with van der Waals surface area (Å²) in [6, 6.07) is 15.1. The maximum Gasteiger partial charge on any atom is 0.234 e. The van der Waals surface area contributed by atoms with Gasteiger partial charge in [0, 0.05) is 28.3 Å². The zero-order valence-electron chi connectivity index (χ0n) is 16.6. The van der Waals surface area contributed by atoms with Crippen LogP contribution in [0.25, 0.3) is 5.69 Å². The Morgan fingerprint density at radius 3 is 2.61 bits per heavy atom. The number of aromatic nitrogens is 3. The molecule has 4 rings (SSSR count). The Bertz CT molecular complexity index is 1040. The fourth-order valence-corrected chi connectivity index (χ4v) is 4.46. The second kappa shape index (κ2) is 10.6. The van der Waals surface area contributed by atoms with E-state index >= 15 is 0 Å². The van der Waals surface area contributed by atoms with E-state index in [1.807, 2.05) is 53.1 Å². The predicted octanol–water partition coefficient (Wildman–Crippen LogP) is 4.25. The molecule has 1 saturated heterocycles. The second-order valence-corrected chi connectivity index (χ2v) is 9.15. The smallest absolute Gasteiger partial charge is 0.234 e. The van der Waals surface area contributed by atoms with E-state index in [0.717, 1.165) is 34.8 Å². The molecule has 31 heavy (non-hydrogen) atoms. The van der Waals surface area contributed by atoms with Crippen molar-refractivity contribution in [1.29, 1.82) is 0 Å². The monoisotopic (exact) mass is 521 g/mol. The Balaban J connectivity index is 1.51. The molecule has 0 atom stereocenters. The minimum Gasteiger partial charge on any atom is -0.379 e. The van der Waals surface area contributed by atoms with Crippen molar-refractivity contribution in [3.8, 4) is 5.69 Å². The maximum absolute atomic E-state index is 12.5. The molecule has 1 aliphatic heterocycles. The first kappa shape index (κ1) is 22.3. The van der Waals surface area contributed by atoms with Crippen LogP contribution in [0.4, 0.5) is 5.69 Å². The van der Waals surface area contributed by atoms with Crippen molar-refractivity contribution < 1.29 is 9.53 Å². The van der Waals surface area contributed by atoms with Gasteiger partial charge in [-0.2, -0.15) is 0 Å². The predicted molar refractivity (Wildman–Crippen MR) is 126 cm³/mol. The van der Waals surface area contributed by atoms with E-state index in [9.17, 15) is 4.79 Å². The van der Waals surface area contributed by atoms with E-state index in [0.29, 0.717) is 29.9 Å². The van der Waals surface area contributed by atoms with Crippen molar-refractivity contribution in [1.82, 2.24) is 19.7 Å². The Morgan fingerprint density at radius 2 is 1.87 bits per heavy atom. The first-order valence-corrected chi connectivity index (χ1v) is 11.9. The summed E-state index contributed by atoms with van der Waals surface area (Å²) >= 11 is 10.9. The number of hydrogen-bond donors (Lipinski definition) is 1. The van der Waals surface area contributed by atoms with Gasteiger partial charge in [-0.3, -0.25) is 14.3 Å². The topological polar surface area (TPSA) is 72.3 Å². The summed E-state index contributed by atoms with van der Waals surface area (Å²) in [6.45, 7) is 3.79. The van der Waals surface area contributed by atoms with Crippen LogP contribution in [-0.4, -0.2) is 57.6 Å². The van der Waals surface area contributed by atoms with Gasteiger partial charge in [-0.15, -0.1) is 10.2 Å². The molecule has 10 heteroatoms. The normalized spacial score (nSPS) is 14.5. The highest BCUT2D eigenvalue weighted by Crippen LogP contribution is 2.25. The number of thioether (sulfide) groups is 1. The largest absolute Gasteiger partial charge is 0.379 e. The molecule has 0 unspecified atom stereocenters. The average molecular weight is 523 g/mol. The molecule has 162 valence electrons. The van der Waals surface area contributed by atoms with Crippen LogP contribution in [0.1, 0.15) is 5.82 Å². The summed E-state index contributed by atoms with van der Waals surface area (Å²) in [4.78, 5) is 14.8. The highest BCUT2D eigenvalue weighted by molar-refractivity contribution is 9.10. The van der Waals surface area contributed by atoms with Crippen molar-refractivity contribution >= 4 is 50.9 Å². The third-order valence-corrected chi connectivity index (χ3v) is 6.61. The van der Waals surface area contributed by atoms with Crippen LogP contribution in [0.5, 0.6) is 0 Å². The molecule has 0 aliphatic carbocycles. The molecule has 1 N–H and O–H groups in total. The third kappa shape index (κ3) is 5.87. The van der Waals surface area contributed by atoms with E-state index in [2.05, 4.69) is 36.3 Å². The van der Waals surface area contributed by atoms with Crippen molar-refractivity contribution in [2.75, 3.05) is 37.4 Å². The van der Waals surface area contributed by atoms with Crippen LogP contribution in [0.15, 0.2) is 58.2 Å². The number of nitrogens with zero attached hydrogens (tertiary/aromatic N) is 4. The van der Waals surface area contributed by atoms with Gasteiger partial charge in [-0.1, -0.05) is 35.5 Å². The van der Waals surface area contributed by atoms with Crippen LogP contribution in [0.2, 0.25) is 5.02 Å². The molecule has 3 aromatic rings. The van der Waals surface area contributed by atoms with E-state index in [1.54, 1.807) is 0 Å². The van der Waals surface area contributed by atoms with Gasteiger partial charge in [0.2, 0.25) is 5.91 Å². The SMILES string of the molecule is O=C(CSc1nnc(CN2CCOCC2)n1-c1ccc(Cl)cc1)Nc1ccccc1Br. The third-order valence-electron chi connectivity index (χ3n) is 4.73. The number of ether oxygens (including phenoxy) is 1. The van der Waals surface area contributed by atoms with E-state index in [4.69, 9.17) is 16.3 Å². The zero-order chi connectivity index (χ0) is 21.6. The molecule has 2 heterocycles. The maximum atomic E-state index is 12.5. The fraction of sp³-hybridized carbons (Fsp3) is 0.286. The number of halogens is 2. The Kier molecular flexibility index (Phi) is 7.62. The summed E-state index contributed by atoms with van der Waals surface area (Å²) in [5.41, 5.74) is 1.65. The molecule has 1 amide bonds. The van der Waals surface area contributed by atoms with E-state index in [1.165, 1.54) is 11.8 Å². The number of hydrogen-bond acceptors (Lipinski definition) is 6. The zero-order valence-corrected chi connectivity index (χ0v) is 19.8. The molecule has 0 spiro atoms. The van der Waals surface area contributed by atoms with Crippen LogP contribution < -0.4 is 5.32 Å². The second-order valence-electron chi connectivity index (χ2n) is 6.92. The molecule has 1 aromatic heterocycles. The standard InChI is InChI=1S/C21H21BrClN5O2S/c22-17-3-1-2-4-18(17)24-20(29)14-31-21-26-25-19(13-27-9-11-30-12-10-27)28(21)16-7-5-15(23)6-8-16/h1-8H,9-14H2,(H,24,29). The van der Waals surface area contributed by atoms with Crippen LogP contribution >= 0.6 is 39.3 Å². The molecule has 2 aromatic carbocycles. The van der Waals surface area contributed by atoms with E-state index in [-0.39, 0.29) is 11.7 Å². The van der Waals surface area contributed by atoms with Crippen molar-refractivity contribution in [2.24, 2.45) is 0 Å². The lowest BCUT2D eigenvalue weighted by Gasteiger charge is -2.26. The number of carbonyl (C=O) groups is 1. The van der Waals surface area contributed by atoms with Crippen molar-refractivity contribution in [3.63, 3.8) is 0 Å². The number of rotatable bonds is 7. The number of morpholine rings is 1. The summed E-state index contributed by atoms with van der Waals surface area (Å²) < 4.78 is 8.27. The molecule has 0 saturated carbocycles. The number of nitrogens with one attached hydrogen (secondary N) is 1. The van der Waals surface area contributed by atoms with E-state index < -0.39 is 0 Å². The number of benzene rings is 2. The van der Waals surface area contributed by atoms with Crippen molar-refractivity contribution in [2.45, 2.75) is 11.7 Å². The minimum absolute atomic E-state index is 0.114. The van der Waals surface area contributed by atoms with Crippen molar-refractivity contribution in [3.05, 3.63) is 63.9 Å². The number of amides is 1. The van der Waals surface area contributed by atoms with Crippen LogP contribution in [0, 0.1) is 0 Å². The van der Waals surface area contributed by atoms with Gasteiger partial charge >= 0.3 is 0 Å². The molecular weight excluding hydrogens is 502 g/mol. The summed E-state index contributed by atoms with van der Waals surface area (Å²) in [5, 5.41) is 13.0. The summed E-state index contributed by atoms with van der Waals surface area (Å²) in [7, 11) is 0.